The molecule has 0 aromatic carbocycles. The minimum Gasteiger partial charge on any atom is -0.394 e. The number of carbonyl (C=O) groups is 3. The van der Waals surface area contributed by atoms with E-state index in [0.717, 1.165) is 0 Å². The summed E-state index contributed by atoms with van der Waals surface area (Å²) >= 11 is 0. The van der Waals surface area contributed by atoms with E-state index in [1.165, 1.54) is 0 Å². The Balaban J connectivity index is 1.22. The van der Waals surface area contributed by atoms with Crippen LogP contribution in [0, 0.1) is 0 Å². The van der Waals surface area contributed by atoms with Gasteiger partial charge in [0.25, 0.3) is 11.8 Å². The molecule has 382 valence electrons. The van der Waals surface area contributed by atoms with Gasteiger partial charge in [0.1, 0.15) is 91.6 Å². The van der Waals surface area contributed by atoms with Crippen molar-refractivity contribution in [3.63, 3.8) is 0 Å². The number of amides is 2. The first-order chi connectivity index (χ1) is 31.4. The van der Waals surface area contributed by atoms with Gasteiger partial charge in [0, 0.05) is 25.8 Å². The number of carbonyl (C=O) groups excluding carboxylic acids is 3. The Bertz CT molecular complexity index is 1500. The molecule has 26 nitrogen and oxygen atoms in total. The third-order valence-electron chi connectivity index (χ3n) is 12.5. The minimum absolute atomic E-state index is 0.0328. The third kappa shape index (κ3) is 13.8. The van der Waals surface area contributed by atoms with Crippen LogP contribution in [0.15, 0.2) is 0 Å². The van der Waals surface area contributed by atoms with E-state index in [1.54, 1.807) is 6.92 Å². The molecule has 0 aromatic heterocycles. The Kier molecular flexibility index (Phi) is 21.2. The molecule has 5 heterocycles. The third-order valence-corrected chi connectivity index (χ3v) is 12.5. The number of aliphatic hydroxyl groups excluding tert-OH is 13. The number of ether oxygens (including phenoxy) is 7. The van der Waals surface area contributed by atoms with Crippen molar-refractivity contribution in [2.24, 2.45) is 0 Å². The molecular formula is C40H68N2O24. The maximum Gasteiger partial charge on any atom is 0.333 e. The molecule has 0 radical (unpaired) electrons. The molecule has 20 atom stereocenters. The molecule has 0 saturated carbocycles. The topological polar surface area (TPSA) is 395 Å². The van der Waals surface area contributed by atoms with E-state index in [2.05, 4.69) is 0 Å². The lowest BCUT2D eigenvalue weighted by Crippen LogP contribution is -2.65. The molecule has 2 amide bonds. The van der Waals surface area contributed by atoms with Crippen molar-refractivity contribution in [2.45, 2.75) is 187 Å². The van der Waals surface area contributed by atoms with Gasteiger partial charge in [-0.2, -0.15) is 0 Å². The highest BCUT2D eigenvalue weighted by Gasteiger charge is 2.52. The van der Waals surface area contributed by atoms with E-state index in [-0.39, 0.29) is 32.4 Å². The summed E-state index contributed by atoms with van der Waals surface area (Å²) in [4.78, 5) is 42.8. The summed E-state index contributed by atoms with van der Waals surface area (Å²) in [7, 11) is 0. The molecule has 5 saturated heterocycles. The zero-order valence-electron chi connectivity index (χ0n) is 36.6. The first-order valence-electron chi connectivity index (χ1n) is 22.4. The van der Waals surface area contributed by atoms with Crippen LogP contribution in [-0.2, 0) is 52.4 Å². The number of hydroxylamine groups is 2. The van der Waals surface area contributed by atoms with Gasteiger partial charge in [-0.15, -0.1) is 5.06 Å². The first kappa shape index (κ1) is 54.7. The average molecular weight is 961 g/mol. The van der Waals surface area contributed by atoms with Gasteiger partial charge >= 0.3 is 5.97 Å². The van der Waals surface area contributed by atoms with Crippen molar-refractivity contribution in [1.29, 1.82) is 0 Å². The highest BCUT2D eigenvalue weighted by Crippen LogP contribution is 2.31. The fraction of sp³-hybridized carbons (Fsp3) is 0.925. The van der Waals surface area contributed by atoms with Gasteiger partial charge < -0.3 is 109 Å². The van der Waals surface area contributed by atoms with E-state index < -0.39 is 160 Å². The van der Waals surface area contributed by atoms with E-state index in [9.17, 15) is 80.8 Å². The van der Waals surface area contributed by atoms with Crippen molar-refractivity contribution >= 4 is 17.8 Å². The van der Waals surface area contributed by atoms with Crippen LogP contribution < -0.4 is 0 Å². The quantitative estimate of drug-likeness (QED) is 0.0334. The van der Waals surface area contributed by atoms with Gasteiger partial charge in [0.2, 0.25) is 0 Å². The van der Waals surface area contributed by atoms with E-state index in [1.807, 2.05) is 4.90 Å². The number of rotatable bonds is 23. The van der Waals surface area contributed by atoms with Crippen molar-refractivity contribution in [1.82, 2.24) is 9.96 Å². The summed E-state index contributed by atoms with van der Waals surface area (Å²) in [6.45, 7) is 0.354. The molecule has 0 aromatic rings. The molecule has 5 fully saturated rings. The maximum atomic E-state index is 12.3. The molecule has 1 unspecified atom stereocenters. The molecule has 5 aliphatic rings. The predicted molar refractivity (Wildman–Crippen MR) is 213 cm³/mol. The van der Waals surface area contributed by atoms with Crippen molar-refractivity contribution < 1.29 is 119 Å². The van der Waals surface area contributed by atoms with Crippen LogP contribution >= 0.6 is 0 Å². The van der Waals surface area contributed by atoms with Crippen molar-refractivity contribution in [3.05, 3.63) is 0 Å². The van der Waals surface area contributed by atoms with Crippen LogP contribution in [0.3, 0.4) is 0 Å². The van der Waals surface area contributed by atoms with Crippen LogP contribution in [0.2, 0.25) is 0 Å². The summed E-state index contributed by atoms with van der Waals surface area (Å²) in [5.41, 5.74) is 0. The second-order valence-electron chi connectivity index (χ2n) is 17.3. The normalized spacial score (nSPS) is 41.2. The van der Waals surface area contributed by atoms with Crippen molar-refractivity contribution in [3.8, 4) is 0 Å². The van der Waals surface area contributed by atoms with Crippen molar-refractivity contribution in [2.75, 3.05) is 46.1 Å². The summed E-state index contributed by atoms with van der Waals surface area (Å²) in [5.74, 6) is -1.91. The smallest absolute Gasteiger partial charge is 0.333 e. The predicted octanol–water partition coefficient (Wildman–Crippen LogP) is -7.04. The number of aliphatic hydroxyl groups is 13. The number of hydrogen-bond donors (Lipinski definition) is 13. The summed E-state index contributed by atoms with van der Waals surface area (Å²) in [5, 5.41) is 136. The molecule has 13 N–H and O–H groups in total. The van der Waals surface area contributed by atoms with Crippen LogP contribution in [0.4, 0.5) is 0 Å². The van der Waals surface area contributed by atoms with Gasteiger partial charge in [-0.05, 0) is 52.1 Å². The fourth-order valence-electron chi connectivity index (χ4n) is 8.34. The number of unbranched alkanes of at least 4 members (excludes halogenated alkanes) is 3. The minimum atomic E-state index is -1.93. The average Bonchev–Trinajstić information content (AvgIpc) is 3.61. The zero-order chi connectivity index (χ0) is 48.4. The highest BCUT2D eigenvalue weighted by molar-refractivity contribution is 6.01. The lowest BCUT2D eigenvalue weighted by molar-refractivity contribution is -0.366. The second kappa shape index (κ2) is 25.6. The summed E-state index contributed by atoms with van der Waals surface area (Å²) < 4.78 is 39.8. The summed E-state index contributed by atoms with van der Waals surface area (Å²) in [6, 6.07) is 0. The molecule has 5 aliphatic heterocycles. The van der Waals surface area contributed by atoms with E-state index in [4.69, 9.17) is 38.0 Å². The van der Waals surface area contributed by atoms with Crippen LogP contribution in [-0.4, -0.2) is 263 Å². The van der Waals surface area contributed by atoms with Crippen LogP contribution in [0.1, 0.15) is 64.7 Å². The van der Waals surface area contributed by atoms with Gasteiger partial charge in [0.05, 0.1) is 38.6 Å². The fourth-order valence-corrected chi connectivity index (χ4v) is 8.34. The Labute approximate surface area is 379 Å². The largest absolute Gasteiger partial charge is 0.394 e. The Morgan fingerprint density at radius 3 is 1.73 bits per heavy atom. The maximum absolute atomic E-state index is 12.3. The molecule has 0 spiro atoms. The Morgan fingerprint density at radius 1 is 0.576 bits per heavy atom. The lowest BCUT2D eigenvalue weighted by atomic mass is 9.93. The second-order valence-corrected chi connectivity index (χ2v) is 17.3. The van der Waals surface area contributed by atoms with Crippen LogP contribution in [0.25, 0.3) is 0 Å². The van der Waals surface area contributed by atoms with E-state index in [0.29, 0.717) is 56.7 Å². The van der Waals surface area contributed by atoms with Gasteiger partial charge in [0.15, 0.2) is 18.9 Å². The SMILES string of the molecule is C[C@@H]1O[C@@H](CCCCN(CCCCCC(=O)ON2C(=O)CCC2=O)CCO[C@H]2O[C@H](CO[C@H]3O[C@H](CO)[C@@H](O)[C@H](O)[C@@H]3O)[C@@H](O)[C@H](OC3O[C@H](CO)[C@@H](O)[C@H](O)[C@@H]3O)[C@@H]2O)[C@@H](O)[C@H](O)[C@@H]1O. The molecule has 5 rings (SSSR count). The lowest BCUT2D eigenvalue weighted by Gasteiger charge is -2.46. The van der Waals surface area contributed by atoms with E-state index >= 15 is 0 Å². The Hall–Kier alpha value is -2.23. The van der Waals surface area contributed by atoms with Gasteiger partial charge in [-0.25, -0.2) is 4.79 Å². The standard InChI is InChI=1S/C40H68N2O24/c1-18-26(48)31(53)27(49)19(61-18)7-4-6-12-41(11-5-2-3-8-25(47)66-42-23(45)9-10-24(42)46)13-14-59-39-36(58)37(65-40-35(57)33(55)29(51)21(16-44)63-40)30(52)22(64-39)17-60-38-34(56)32(54)28(50)20(15-43)62-38/h18-22,26-40,43-44,48-58H,2-17H2,1H3/t18-,19-,20+,21+,22+,26+,27+,28+,29+,30+,31+,32-,33-,34-,35-,36-,37-,38-,39-,40?/m0/s1. The Morgan fingerprint density at radius 2 is 1.11 bits per heavy atom. The zero-order valence-corrected chi connectivity index (χ0v) is 36.6. The molecule has 0 bridgehead atoms. The monoisotopic (exact) mass is 960 g/mol. The number of nitrogens with zero attached hydrogens (tertiary/aromatic N) is 2. The van der Waals surface area contributed by atoms with Gasteiger partial charge in [-0.1, -0.05) is 6.42 Å². The molecule has 66 heavy (non-hydrogen) atoms. The first-order valence-corrected chi connectivity index (χ1v) is 22.4. The number of hydrogen-bond acceptors (Lipinski definition) is 25. The number of imide groups is 1. The van der Waals surface area contributed by atoms with Crippen LogP contribution in [0.5, 0.6) is 0 Å². The molecular weight excluding hydrogens is 892 g/mol. The highest BCUT2D eigenvalue weighted by atomic mass is 16.8. The molecule has 0 aliphatic carbocycles. The van der Waals surface area contributed by atoms with Gasteiger partial charge in [-0.3, -0.25) is 9.59 Å². The molecule has 26 heteroatoms. The summed E-state index contributed by atoms with van der Waals surface area (Å²) in [6.07, 6.45) is -28.1.